The minimum absolute atomic E-state index is 0. The van der Waals surface area contributed by atoms with E-state index >= 15 is 0 Å². The normalized spacial score (nSPS) is 5.67. The van der Waals surface area contributed by atoms with Gasteiger partial charge in [-0.15, -0.1) is 0 Å². The summed E-state index contributed by atoms with van der Waals surface area (Å²) in [6.45, 7) is 1.47. The smallest absolute Gasteiger partial charge is 0.216 e. The van der Waals surface area contributed by atoms with Crippen molar-refractivity contribution in [1.82, 2.24) is 5.32 Å². The molecule has 0 fully saturated rings. The molecule has 6 heavy (non-hydrogen) atoms. The Morgan fingerprint density at radius 3 is 1.83 bits per heavy atom. The van der Waals surface area contributed by atoms with Crippen molar-refractivity contribution >= 4 is 5.91 Å². The molecule has 0 rings (SSSR count). The van der Waals surface area contributed by atoms with E-state index in [-0.39, 0.29) is 11.4 Å². The third-order valence-electron chi connectivity index (χ3n) is 0.352. The molecule has 0 unspecified atom stereocenters. The first-order valence-electron chi connectivity index (χ1n) is 1.45. The van der Waals surface area contributed by atoms with Crippen LogP contribution in [0.3, 0.4) is 0 Å². The Labute approximate surface area is 36.7 Å². The third kappa shape index (κ3) is 9.90. The molecule has 3 heteroatoms. The van der Waals surface area contributed by atoms with Crippen molar-refractivity contribution in [1.29, 1.82) is 0 Å². The largest absolute Gasteiger partial charge is 0.870 e. The highest BCUT2D eigenvalue weighted by molar-refractivity contribution is 5.72. The zero-order chi connectivity index (χ0) is 4.28. The third-order valence-corrected chi connectivity index (χ3v) is 0.352. The number of rotatable bonds is 0. The summed E-state index contributed by atoms with van der Waals surface area (Å²) in [6.07, 6.45) is 0. The number of hydrogen-bond acceptors (Lipinski definition) is 2. The van der Waals surface area contributed by atoms with E-state index in [1.54, 1.807) is 7.05 Å². The SMILES string of the molecule is CNC(C)=O.[OH-]. The van der Waals surface area contributed by atoms with Gasteiger partial charge in [0, 0.05) is 14.0 Å². The van der Waals surface area contributed by atoms with Gasteiger partial charge in [0.05, 0.1) is 0 Å². The highest BCUT2D eigenvalue weighted by atomic mass is 16.1. The van der Waals surface area contributed by atoms with Crippen molar-refractivity contribution in [2.75, 3.05) is 7.05 Å². The van der Waals surface area contributed by atoms with Gasteiger partial charge in [0.1, 0.15) is 0 Å². The summed E-state index contributed by atoms with van der Waals surface area (Å²) in [5.74, 6) is 0.00463. The van der Waals surface area contributed by atoms with Gasteiger partial charge < -0.3 is 10.8 Å². The lowest BCUT2D eigenvalue weighted by Gasteiger charge is -1.80. The summed E-state index contributed by atoms with van der Waals surface area (Å²) in [5.41, 5.74) is 0. The molecule has 0 heterocycles. The van der Waals surface area contributed by atoms with Crippen LogP contribution in [0.5, 0.6) is 0 Å². The molecule has 0 aromatic heterocycles. The molecule has 1 amide bonds. The molecule has 38 valence electrons. The van der Waals surface area contributed by atoms with Crippen molar-refractivity contribution in [3.8, 4) is 0 Å². The second-order valence-corrected chi connectivity index (χ2v) is 0.806. The van der Waals surface area contributed by atoms with Gasteiger partial charge in [-0.2, -0.15) is 0 Å². The summed E-state index contributed by atoms with van der Waals surface area (Å²) >= 11 is 0. The maximum Gasteiger partial charge on any atom is 0.216 e. The Morgan fingerprint density at radius 2 is 1.83 bits per heavy atom. The fourth-order valence-electron chi connectivity index (χ4n) is 0. The number of carbonyl (C=O) groups is 1. The molecule has 0 aromatic rings. The van der Waals surface area contributed by atoms with Gasteiger partial charge in [-0.3, -0.25) is 4.79 Å². The average molecular weight is 90.1 g/mol. The average Bonchev–Trinajstić information content (AvgIpc) is 1.38. The lowest BCUT2D eigenvalue weighted by Crippen LogP contribution is -2.11. The molecule has 0 bridgehead atoms. The van der Waals surface area contributed by atoms with E-state index in [2.05, 4.69) is 5.32 Å². The Balaban J connectivity index is 0. The van der Waals surface area contributed by atoms with Crippen molar-refractivity contribution in [2.45, 2.75) is 6.92 Å². The molecule has 2 N–H and O–H groups in total. The highest BCUT2D eigenvalue weighted by Gasteiger charge is 1.72. The molecule has 0 saturated carbocycles. The molecule has 0 aliphatic heterocycles. The molecular formula is C3H8NO2-. The second-order valence-electron chi connectivity index (χ2n) is 0.806. The zero-order valence-electron chi connectivity index (χ0n) is 3.86. The van der Waals surface area contributed by atoms with Crippen LogP contribution < -0.4 is 5.32 Å². The summed E-state index contributed by atoms with van der Waals surface area (Å²) in [7, 11) is 1.60. The predicted octanol–water partition coefficient (Wildman–Crippen LogP) is -0.424. The van der Waals surface area contributed by atoms with Crippen LogP contribution in [0.25, 0.3) is 0 Å². The van der Waals surface area contributed by atoms with E-state index < -0.39 is 0 Å². The topological polar surface area (TPSA) is 59.1 Å². The van der Waals surface area contributed by atoms with E-state index in [9.17, 15) is 4.79 Å². The van der Waals surface area contributed by atoms with E-state index in [0.717, 1.165) is 0 Å². The lowest BCUT2D eigenvalue weighted by molar-refractivity contribution is -0.118. The Bertz CT molecular complexity index is 44.1. The minimum Gasteiger partial charge on any atom is -0.870 e. The van der Waals surface area contributed by atoms with E-state index in [4.69, 9.17) is 0 Å². The summed E-state index contributed by atoms with van der Waals surface area (Å²) < 4.78 is 0. The zero-order valence-corrected chi connectivity index (χ0v) is 3.86. The molecule has 0 aliphatic carbocycles. The van der Waals surface area contributed by atoms with Crippen LogP contribution >= 0.6 is 0 Å². The summed E-state index contributed by atoms with van der Waals surface area (Å²) in [6, 6.07) is 0. The monoisotopic (exact) mass is 90.1 g/mol. The Hall–Kier alpha value is -0.570. The Morgan fingerprint density at radius 1 is 1.67 bits per heavy atom. The molecular weight excluding hydrogens is 82.0 g/mol. The Kier molecular flexibility index (Phi) is 6.69. The first-order chi connectivity index (χ1) is 2.27. The van der Waals surface area contributed by atoms with Gasteiger partial charge in [-0.1, -0.05) is 0 Å². The van der Waals surface area contributed by atoms with Crippen LogP contribution in [0, 0.1) is 0 Å². The first-order valence-corrected chi connectivity index (χ1v) is 1.45. The standard InChI is InChI=1S/C3H7NO.H2O/c1-3(5)4-2;/h1-2H3,(H,4,5);1H2/p-1. The maximum atomic E-state index is 9.70. The van der Waals surface area contributed by atoms with Gasteiger partial charge in [0.2, 0.25) is 5.91 Å². The van der Waals surface area contributed by atoms with E-state index in [0.29, 0.717) is 0 Å². The van der Waals surface area contributed by atoms with Gasteiger partial charge >= 0.3 is 0 Å². The van der Waals surface area contributed by atoms with Crippen molar-refractivity contribution in [3.63, 3.8) is 0 Å². The fraction of sp³-hybridized carbons (Fsp3) is 0.667. The van der Waals surface area contributed by atoms with Gasteiger partial charge in [0.15, 0.2) is 0 Å². The first kappa shape index (κ1) is 9.06. The molecule has 3 nitrogen and oxygen atoms in total. The van der Waals surface area contributed by atoms with E-state index in [1.165, 1.54) is 6.92 Å². The lowest BCUT2D eigenvalue weighted by atomic mass is 10.7. The van der Waals surface area contributed by atoms with E-state index in [1.807, 2.05) is 0 Å². The van der Waals surface area contributed by atoms with Crippen LogP contribution in [0.4, 0.5) is 0 Å². The molecule has 0 atom stereocenters. The highest BCUT2D eigenvalue weighted by Crippen LogP contribution is 1.45. The number of carbonyl (C=O) groups excluding carboxylic acids is 1. The summed E-state index contributed by atoms with van der Waals surface area (Å²) in [5, 5.41) is 2.39. The molecule has 0 aromatic carbocycles. The van der Waals surface area contributed by atoms with Crippen LogP contribution in [0.2, 0.25) is 0 Å². The van der Waals surface area contributed by atoms with Crippen molar-refractivity contribution in [3.05, 3.63) is 0 Å². The number of amides is 1. The molecule has 0 radical (unpaired) electrons. The van der Waals surface area contributed by atoms with Crippen molar-refractivity contribution in [2.24, 2.45) is 0 Å². The van der Waals surface area contributed by atoms with Gasteiger partial charge in [-0.05, 0) is 0 Å². The quantitative estimate of drug-likeness (QED) is 0.439. The fourth-order valence-corrected chi connectivity index (χ4v) is 0. The molecule has 0 spiro atoms. The van der Waals surface area contributed by atoms with Gasteiger partial charge in [-0.25, -0.2) is 0 Å². The minimum atomic E-state index is 0. The van der Waals surface area contributed by atoms with Crippen molar-refractivity contribution < 1.29 is 10.3 Å². The van der Waals surface area contributed by atoms with Crippen LogP contribution in [-0.2, 0) is 4.79 Å². The number of hydrogen-bond donors (Lipinski definition) is 1. The van der Waals surface area contributed by atoms with Crippen LogP contribution in [0.15, 0.2) is 0 Å². The van der Waals surface area contributed by atoms with Crippen LogP contribution in [0.1, 0.15) is 6.92 Å². The maximum absolute atomic E-state index is 9.70. The summed E-state index contributed by atoms with van der Waals surface area (Å²) in [4.78, 5) is 9.70. The van der Waals surface area contributed by atoms with Crippen LogP contribution in [-0.4, -0.2) is 18.4 Å². The number of nitrogens with one attached hydrogen (secondary N) is 1. The second kappa shape index (κ2) is 4.43. The van der Waals surface area contributed by atoms with Gasteiger partial charge in [0.25, 0.3) is 0 Å². The predicted molar refractivity (Wildman–Crippen MR) is 21.7 cm³/mol. The molecule has 0 saturated heterocycles. The molecule has 0 aliphatic rings.